The van der Waals surface area contributed by atoms with Crippen LogP contribution in [0.4, 0.5) is 0 Å². The Morgan fingerprint density at radius 1 is 0.760 bits per heavy atom. The van der Waals surface area contributed by atoms with Crippen LogP contribution in [0.25, 0.3) is 0 Å². The summed E-state index contributed by atoms with van der Waals surface area (Å²) in [6.45, 7) is 1.83. The van der Waals surface area contributed by atoms with Crippen molar-refractivity contribution < 1.29 is 53.4 Å². The van der Waals surface area contributed by atoms with Crippen LogP contribution in [-0.2, 0) is 43.2 Å². The SMILES string of the molecule is CNCC(=O)NC(CCC(N)=O)C(=O)NCC(=O)N(C(C)C)C(C(=O)NCC(=O)NC(CCCN)C(=O)NCC(=O)NC(C=O)CO)C(C)O. The first-order valence-corrected chi connectivity index (χ1v) is 15.9. The van der Waals surface area contributed by atoms with E-state index in [-0.39, 0.29) is 32.4 Å². The minimum absolute atomic E-state index is 0.0669. The first kappa shape index (κ1) is 45.3. The molecule has 0 saturated heterocycles. The maximum atomic E-state index is 13.3. The third-order valence-electron chi connectivity index (χ3n) is 6.85. The summed E-state index contributed by atoms with van der Waals surface area (Å²) >= 11 is 0. The van der Waals surface area contributed by atoms with Crippen LogP contribution in [0.5, 0.6) is 0 Å². The van der Waals surface area contributed by atoms with Crippen molar-refractivity contribution in [3.63, 3.8) is 0 Å². The minimum Gasteiger partial charge on any atom is -0.394 e. The molecule has 0 radical (unpaired) electrons. The third-order valence-corrected chi connectivity index (χ3v) is 6.85. The Hall–Kier alpha value is -4.73. The van der Waals surface area contributed by atoms with Gasteiger partial charge in [0.15, 0.2) is 0 Å². The second kappa shape index (κ2) is 24.4. The summed E-state index contributed by atoms with van der Waals surface area (Å²) in [5, 5.41) is 36.1. The lowest BCUT2D eigenvalue weighted by Gasteiger charge is -2.36. The van der Waals surface area contributed by atoms with E-state index >= 15 is 0 Å². The standard InChI is InChI=1S/C29H52N10O11/c1-16(2)39(25(47)13-35-28(49)20(7-8-21(31)43)38-22(44)10-32-4)26(17(3)42)29(50)34-12-24(46)37-19(6-5-9-30)27(48)33-11-23(45)36-18(14-40)15-41/h14,16-20,26,32,41-42H,5-13,15,30H2,1-4H3,(H2,31,43)(H,33,48)(H,34,50)(H,35,49)(H,36,45)(H,37,46)(H,38,44). The molecule has 0 saturated carbocycles. The number of hydrogen-bond donors (Lipinski definition) is 11. The molecule has 0 aromatic heterocycles. The van der Waals surface area contributed by atoms with Gasteiger partial charge in [0.05, 0.1) is 38.9 Å². The minimum atomic E-state index is -1.53. The van der Waals surface area contributed by atoms with Crippen LogP contribution in [0.1, 0.15) is 46.5 Å². The van der Waals surface area contributed by atoms with Gasteiger partial charge in [-0.05, 0) is 53.6 Å². The summed E-state index contributed by atoms with van der Waals surface area (Å²) in [5.41, 5.74) is 10.7. The van der Waals surface area contributed by atoms with Crippen molar-refractivity contribution >= 4 is 53.5 Å². The summed E-state index contributed by atoms with van der Waals surface area (Å²) < 4.78 is 0. The molecule has 21 nitrogen and oxygen atoms in total. The van der Waals surface area contributed by atoms with Gasteiger partial charge in [-0.25, -0.2) is 0 Å². The monoisotopic (exact) mass is 716 g/mol. The van der Waals surface area contributed by atoms with Gasteiger partial charge in [-0.2, -0.15) is 0 Å². The topological polar surface area (TPSA) is 334 Å². The maximum Gasteiger partial charge on any atom is 0.245 e. The number of hydrogen-bond acceptors (Lipinski definition) is 13. The highest BCUT2D eigenvalue weighted by Crippen LogP contribution is 2.11. The normalized spacial score (nSPS) is 13.8. The molecule has 21 heteroatoms. The van der Waals surface area contributed by atoms with E-state index in [9.17, 15) is 48.3 Å². The number of nitrogens with one attached hydrogen (secondary N) is 7. The summed E-state index contributed by atoms with van der Waals surface area (Å²) in [7, 11) is 1.51. The van der Waals surface area contributed by atoms with E-state index in [1.165, 1.54) is 14.0 Å². The Morgan fingerprint density at radius 3 is 1.72 bits per heavy atom. The second-order valence-electron chi connectivity index (χ2n) is 11.4. The fourth-order valence-electron chi connectivity index (χ4n) is 4.46. The second-order valence-corrected chi connectivity index (χ2v) is 11.4. The average Bonchev–Trinajstić information content (AvgIpc) is 3.05. The van der Waals surface area contributed by atoms with Gasteiger partial charge in [0, 0.05) is 12.5 Å². The molecular weight excluding hydrogens is 664 g/mol. The van der Waals surface area contributed by atoms with Crippen molar-refractivity contribution in [3.05, 3.63) is 0 Å². The van der Waals surface area contributed by atoms with Crippen LogP contribution >= 0.6 is 0 Å². The first-order chi connectivity index (χ1) is 23.5. The van der Waals surface area contributed by atoms with Crippen molar-refractivity contribution in [2.75, 3.05) is 46.4 Å². The Morgan fingerprint density at radius 2 is 1.26 bits per heavy atom. The molecule has 5 unspecified atom stereocenters. The largest absolute Gasteiger partial charge is 0.394 e. The fraction of sp³-hybridized carbons (Fsp3) is 0.690. The number of aldehydes is 1. The lowest BCUT2D eigenvalue weighted by Crippen LogP contribution is -2.60. The smallest absolute Gasteiger partial charge is 0.245 e. The molecule has 0 aromatic rings. The van der Waals surface area contributed by atoms with Crippen LogP contribution in [0, 0.1) is 0 Å². The number of nitrogens with two attached hydrogens (primary N) is 2. The Kier molecular flexibility index (Phi) is 22.1. The van der Waals surface area contributed by atoms with Crippen molar-refractivity contribution in [1.29, 1.82) is 0 Å². The van der Waals surface area contributed by atoms with Crippen LogP contribution in [0.3, 0.4) is 0 Å². The fourth-order valence-corrected chi connectivity index (χ4v) is 4.46. The summed E-state index contributed by atoms with van der Waals surface area (Å²) in [6, 6.07) is -5.75. The molecule has 0 aliphatic heterocycles. The van der Waals surface area contributed by atoms with E-state index in [0.717, 1.165) is 4.90 Å². The van der Waals surface area contributed by atoms with E-state index in [2.05, 4.69) is 37.2 Å². The van der Waals surface area contributed by atoms with Gasteiger partial charge in [0.25, 0.3) is 0 Å². The van der Waals surface area contributed by atoms with E-state index < -0.39 is 110 Å². The molecule has 0 aliphatic rings. The number of likely N-dealkylation sites (N-methyl/N-ethyl adjacent to an activating group) is 1. The van der Waals surface area contributed by atoms with Crippen molar-refractivity contribution in [2.45, 2.75) is 82.8 Å². The van der Waals surface area contributed by atoms with Crippen LogP contribution in [0.15, 0.2) is 0 Å². The molecule has 5 atom stereocenters. The van der Waals surface area contributed by atoms with E-state index in [1.54, 1.807) is 13.8 Å². The number of aliphatic hydroxyl groups is 2. The number of carbonyl (C=O) groups is 9. The molecule has 13 N–H and O–H groups in total. The van der Waals surface area contributed by atoms with Gasteiger partial charge in [0.2, 0.25) is 47.3 Å². The molecule has 0 bridgehead atoms. The van der Waals surface area contributed by atoms with Gasteiger partial charge < -0.3 is 68.6 Å². The van der Waals surface area contributed by atoms with Crippen LogP contribution in [-0.4, -0.2) is 151 Å². The van der Waals surface area contributed by atoms with Crippen molar-refractivity contribution in [2.24, 2.45) is 11.5 Å². The Labute approximate surface area is 289 Å². The van der Waals surface area contributed by atoms with Crippen molar-refractivity contribution in [1.82, 2.24) is 42.1 Å². The number of carbonyl (C=O) groups excluding carboxylic acids is 9. The number of rotatable bonds is 25. The van der Waals surface area contributed by atoms with Gasteiger partial charge in [-0.15, -0.1) is 0 Å². The molecule has 0 aliphatic carbocycles. The molecule has 0 heterocycles. The lowest BCUT2D eigenvalue weighted by atomic mass is 10.1. The van der Waals surface area contributed by atoms with E-state index in [0.29, 0.717) is 12.7 Å². The molecule has 284 valence electrons. The molecule has 0 spiro atoms. The molecular formula is C29H52N10O11. The van der Waals surface area contributed by atoms with Crippen molar-refractivity contribution in [3.8, 4) is 0 Å². The third kappa shape index (κ3) is 17.6. The number of aliphatic hydroxyl groups excluding tert-OH is 2. The predicted molar refractivity (Wildman–Crippen MR) is 176 cm³/mol. The lowest BCUT2D eigenvalue weighted by molar-refractivity contribution is -0.147. The van der Waals surface area contributed by atoms with Crippen LogP contribution < -0.4 is 48.7 Å². The zero-order valence-electron chi connectivity index (χ0n) is 28.8. The van der Waals surface area contributed by atoms with Gasteiger partial charge in [-0.1, -0.05) is 0 Å². The van der Waals surface area contributed by atoms with E-state index in [1.807, 2.05) is 0 Å². The average molecular weight is 717 g/mol. The summed E-state index contributed by atoms with van der Waals surface area (Å²) in [5.74, 6) is -6.16. The van der Waals surface area contributed by atoms with Gasteiger partial charge in [-0.3, -0.25) is 38.4 Å². The molecule has 0 aromatic carbocycles. The molecule has 50 heavy (non-hydrogen) atoms. The van der Waals surface area contributed by atoms with Gasteiger partial charge in [0.1, 0.15) is 30.5 Å². The highest BCUT2D eigenvalue weighted by atomic mass is 16.3. The summed E-state index contributed by atoms with van der Waals surface area (Å²) in [4.78, 5) is 112. The Balaban J connectivity index is 5.54. The zero-order valence-corrected chi connectivity index (χ0v) is 28.8. The highest BCUT2D eigenvalue weighted by Gasteiger charge is 2.36. The molecule has 0 rings (SSSR count). The first-order valence-electron chi connectivity index (χ1n) is 15.9. The number of nitrogens with zero attached hydrogens (tertiary/aromatic N) is 1. The predicted octanol–water partition coefficient (Wildman–Crippen LogP) is -6.81. The quantitative estimate of drug-likeness (QED) is 0.0392. The van der Waals surface area contributed by atoms with Crippen LogP contribution in [0.2, 0.25) is 0 Å². The van der Waals surface area contributed by atoms with Gasteiger partial charge >= 0.3 is 0 Å². The number of amides is 8. The zero-order chi connectivity index (χ0) is 38.4. The highest BCUT2D eigenvalue weighted by molar-refractivity contribution is 5.95. The Bertz CT molecular complexity index is 1180. The van der Waals surface area contributed by atoms with E-state index in [4.69, 9.17) is 16.6 Å². The number of primary amides is 1. The molecule has 8 amide bonds. The maximum absolute atomic E-state index is 13.3. The molecule has 0 fully saturated rings. The summed E-state index contributed by atoms with van der Waals surface area (Å²) in [6.07, 6.45) is -1.15.